The van der Waals surface area contributed by atoms with Crippen molar-refractivity contribution in [2.75, 3.05) is 0 Å². The van der Waals surface area contributed by atoms with Gasteiger partial charge in [0.05, 0.1) is 5.57 Å². The van der Waals surface area contributed by atoms with Crippen molar-refractivity contribution in [3.63, 3.8) is 0 Å². The summed E-state index contributed by atoms with van der Waals surface area (Å²) in [4.78, 5) is 10.2. The lowest BCUT2D eigenvalue weighted by Gasteiger charge is -2.03. The molecule has 0 aliphatic heterocycles. The molecule has 3 heteroatoms. The fourth-order valence-electron chi connectivity index (χ4n) is 0.835. The van der Waals surface area contributed by atoms with Crippen LogP contribution in [0, 0.1) is 0 Å². The third-order valence-corrected chi connectivity index (χ3v) is 1.33. The second-order valence-electron chi connectivity index (χ2n) is 2.05. The summed E-state index contributed by atoms with van der Waals surface area (Å²) in [6.45, 7) is 4.00. The molecule has 0 aromatic carbocycles. The van der Waals surface area contributed by atoms with E-state index in [-0.39, 0.29) is 5.57 Å². The molecule has 0 atom stereocenters. The molecule has 0 unspecified atom stereocenters. The average Bonchev–Trinajstić information content (AvgIpc) is 2.08. The van der Waals surface area contributed by atoms with Crippen molar-refractivity contribution in [2.45, 2.75) is 26.7 Å². The predicted octanol–water partition coefficient (Wildman–Crippen LogP) is 2.67. The van der Waals surface area contributed by atoms with E-state index in [1.54, 1.807) is 0 Å². The Hall–Kier alpha value is -1.12. The number of aliphatic carboxylic acids is 1. The molecule has 0 fully saturated rings. The summed E-state index contributed by atoms with van der Waals surface area (Å²) < 4.78 is 12.5. The van der Waals surface area contributed by atoms with Gasteiger partial charge in [-0.1, -0.05) is 19.9 Å². The molecule has 0 radical (unpaired) electrons. The number of hydrogen-bond donors (Lipinski definition) is 1. The van der Waals surface area contributed by atoms with E-state index in [1.807, 2.05) is 13.8 Å². The first-order valence-corrected chi connectivity index (χ1v) is 4.01. The zero-order valence-corrected chi connectivity index (χ0v) is 7.30. The molecule has 12 heavy (non-hydrogen) atoms. The number of allylic oxidation sites excluding steroid dienone is 2. The van der Waals surface area contributed by atoms with E-state index < -0.39 is 11.8 Å². The van der Waals surface area contributed by atoms with E-state index in [0.29, 0.717) is 12.8 Å². The van der Waals surface area contributed by atoms with Gasteiger partial charge in [-0.2, -0.15) is 0 Å². The molecule has 2 nitrogen and oxygen atoms in total. The lowest BCUT2D eigenvalue weighted by atomic mass is 10.1. The fraction of sp³-hybridized carbons (Fsp3) is 0.444. The number of rotatable bonds is 1. The molecule has 0 amide bonds. The monoisotopic (exact) mass is 172 g/mol. The predicted molar refractivity (Wildman–Crippen MR) is 45.5 cm³/mol. The first-order valence-electron chi connectivity index (χ1n) is 4.01. The smallest absolute Gasteiger partial charge is 0.338 e. The van der Waals surface area contributed by atoms with E-state index in [1.165, 1.54) is 12.2 Å². The molecule has 68 valence electrons. The number of carbonyl (C=O) groups is 1. The van der Waals surface area contributed by atoms with Gasteiger partial charge in [0.1, 0.15) is 5.83 Å². The van der Waals surface area contributed by atoms with Crippen LogP contribution in [0.1, 0.15) is 26.7 Å². The normalized spacial score (nSPS) is 15.2. The standard InChI is InChI=1S/C7H7FO2.C2H6/c8-6-4-2-1-3-5(6)7(9)10;1-2/h3-4H,1-2H2,(H,9,10);1-2H3. The summed E-state index contributed by atoms with van der Waals surface area (Å²) >= 11 is 0. The van der Waals surface area contributed by atoms with Gasteiger partial charge in [-0.15, -0.1) is 0 Å². The third kappa shape index (κ3) is 2.86. The molecule has 0 bridgehead atoms. The van der Waals surface area contributed by atoms with Gasteiger partial charge in [-0.25, -0.2) is 9.18 Å². The van der Waals surface area contributed by atoms with E-state index in [2.05, 4.69) is 0 Å². The van der Waals surface area contributed by atoms with Crippen LogP contribution in [0.5, 0.6) is 0 Å². The van der Waals surface area contributed by atoms with Crippen LogP contribution in [0.25, 0.3) is 0 Å². The van der Waals surface area contributed by atoms with Crippen molar-refractivity contribution in [2.24, 2.45) is 0 Å². The number of carboxylic acid groups (broad SMARTS) is 1. The van der Waals surface area contributed by atoms with Gasteiger partial charge in [0.2, 0.25) is 0 Å². The maximum Gasteiger partial charge on any atom is 0.338 e. The van der Waals surface area contributed by atoms with E-state index in [4.69, 9.17) is 5.11 Å². The van der Waals surface area contributed by atoms with Crippen molar-refractivity contribution >= 4 is 5.97 Å². The molecule has 0 saturated carbocycles. The van der Waals surface area contributed by atoms with Gasteiger partial charge in [0.25, 0.3) is 0 Å². The number of halogens is 1. The van der Waals surface area contributed by atoms with Gasteiger partial charge in [0, 0.05) is 0 Å². The first kappa shape index (κ1) is 10.9. The van der Waals surface area contributed by atoms with Gasteiger partial charge in [0.15, 0.2) is 0 Å². The second-order valence-corrected chi connectivity index (χ2v) is 2.05. The van der Waals surface area contributed by atoms with Gasteiger partial charge in [-0.05, 0) is 18.9 Å². The maximum absolute atomic E-state index is 12.5. The molecule has 0 spiro atoms. The Morgan fingerprint density at radius 2 is 1.92 bits per heavy atom. The highest BCUT2D eigenvalue weighted by atomic mass is 19.1. The SMILES string of the molecule is CC.O=C(O)C1=CCCC=C1F. The summed E-state index contributed by atoms with van der Waals surface area (Å²) in [5.74, 6) is -1.80. The van der Waals surface area contributed by atoms with E-state index >= 15 is 0 Å². The lowest BCUT2D eigenvalue weighted by Crippen LogP contribution is -2.03. The van der Waals surface area contributed by atoms with Crippen molar-refractivity contribution in [3.05, 3.63) is 23.6 Å². The summed E-state index contributed by atoms with van der Waals surface area (Å²) in [6, 6.07) is 0. The minimum atomic E-state index is -1.19. The Kier molecular flexibility index (Phi) is 5.00. The zero-order valence-electron chi connectivity index (χ0n) is 7.30. The molecule has 1 aliphatic carbocycles. The van der Waals surface area contributed by atoms with Gasteiger partial charge < -0.3 is 5.11 Å². The van der Waals surface area contributed by atoms with Crippen LogP contribution < -0.4 is 0 Å². The highest BCUT2D eigenvalue weighted by molar-refractivity contribution is 5.91. The average molecular weight is 172 g/mol. The summed E-state index contributed by atoms with van der Waals surface area (Å²) in [5, 5.41) is 8.36. The topological polar surface area (TPSA) is 37.3 Å². The highest BCUT2D eigenvalue weighted by Gasteiger charge is 2.14. The third-order valence-electron chi connectivity index (χ3n) is 1.33. The lowest BCUT2D eigenvalue weighted by molar-refractivity contribution is -0.132. The largest absolute Gasteiger partial charge is 0.478 e. The van der Waals surface area contributed by atoms with Crippen molar-refractivity contribution in [1.29, 1.82) is 0 Å². The molecule has 0 heterocycles. The molecule has 0 aromatic heterocycles. The van der Waals surface area contributed by atoms with Crippen LogP contribution in [0.4, 0.5) is 4.39 Å². The van der Waals surface area contributed by atoms with Crippen molar-refractivity contribution < 1.29 is 14.3 Å². The number of hydrogen-bond acceptors (Lipinski definition) is 1. The molecule has 1 rings (SSSR count). The van der Waals surface area contributed by atoms with Crippen molar-refractivity contribution in [3.8, 4) is 0 Å². The van der Waals surface area contributed by atoms with Gasteiger partial charge >= 0.3 is 5.97 Å². The molecular formula is C9H13FO2. The Bertz CT molecular complexity index is 217. The summed E-state index contributed by atoms with van der Waals surface area (Å²) in [6.07, 6.45) is 3.92. The minimum Gasteiger partial charge on any atom is -0.478 e. The molecule has 0 aromatic rings. The van der Waals surface area contributed by atoms with Crippen LogP contribution >= 0.6 is 0 Å². The maximum atomic E-state index is 12.5. The first-order chi connectivity index (χ1) is 5.72. The van der Waals surface area contributed by atoms with Crippen LogP contribution in [-0.2, 0) is 4.79 Å². The van der Waals surface area contributed by atoms with E-state index in [9.17, 15) is 9.18 Å². The Morgan fingerprint density at radius 3 is 2.25 bits per heavy atom. The zero-order chi connectivity index (χ0) is 9.56. The molecule has 0 saturated heterocycles. The highest BCUT2D eigenvalue weighted by Crippen LogP contribution is 2.19. The molecular weight excluding hydrogens is 159 g/mol. The minimum absolute atomic E-state index is 0.203. The van der Waals surface area contributed by atoms with E-state index in [0.717, 1.165) is 0 Å². The van der Waals surface area contributed by atoms with Crippen LogP contribution in [-0.4, -0.2) is 11.1 Å². The quantitative estimate of drug-likeness (QED) is 0.660. The molecule has 1 N–H and O–H groups in total. The van der Waals surface area contributed by atoms with Crippen LogP contribution in [0.15, 0.2) is 23.6 Å². The van der Waals surface area contributed by atoms with Crippen LogP contribution in [0.2, 0.25) is 0 Å². The summed E-state index contributed by atoms with van der Waals surface area (Å²) in [7, 11) is 0. The Morgan fingerprint density at radius 1 is 1.42 bits per heavy atom. The molecule has 1 aliphatic rings. The van der Waals surface area contributed by atoms with Crippen LogP contribution in [0.3, 0.4) is 0 Å². The number of carboxylic acids is 1. The van der Waals surface area contributed by atoms with Gasteiger partial charge in [-0.3, -0.25) is 0 Å². The Balaban J connectivity index is 0.000000561. The second kappa shape index (κ2) is 5.52. The summed E-state index contributed by atoms with van der Waals surface area (Å²) in [5.41, 5.74) is -0.203. The fourth-order valence-corrected chi connectivity index (χ4v) is 0.835. The van der Waals surface area contributed by atoms with Crippen molar-refractivity contribution in [1.82, 2.24) is 0 Å². The Labute approximate surface area is 71.4 Å².